The van der Waals surface area contributed by atoms with E-state index < -0.39 is 0 Å². The average Bonchev–Trinajstić information content (AvgIpc) is 2.74. The number of aryl methyl sites for hydroxylation is 3. The summed E-state index contributed by atoms with van der Waals surface area (Å²) in [7, 11) is 1.79. The van der Waals surface area contributed by atoms with Crippen molar-refractivity contribution < 1.29 is 9.53 Å². The molecule has 1 aromatic heterocycles. The molecule has 0 bridgehead atoms. The van der Waals surface area contributed by atoms with Crippen LogP contribution in [0.2, 0.25) is 0 Å². The summed E-state index contributed by atoms with van der Waals surface area (Å²) in [5.74, 6) is 1.07. The van der Waals surface area contributed by atoms with Crippen LogP contribution in [-0.2, 0) is 11.8 Å². The number of ether oxygens (including phenoxy) is 1. The first-order valence-corrected chi connectivity index (χ1v) is 6.05. The summed E-state index contributed by atoms with van der Waals surface area (Å²) in [6, 6.07) is 7.61. The van der Waals surface area contributed by atoms with E-state index in [4.69, 9.17) is 4.74 Å². The number of aromatic nitrogens is 2. The highest BCUT2D eigenvalue weighted by Gasteiger charge is 2.08. The average molecular weight is 259 g/mol. The molecule has 0 saturated heterocycles. The Balaban J connectivity index is 1.93. The molecule has 0 saturated carbocycles. The summed E-state index contributed by atoms with van der Waals surface area (Å²) in [6.45, 7) is 3.89. The molecule has 0 atom stereocenters. The lowest BCUT2D eigenvalue weighted by atomic mass is 10.1. The zero-order valence-corrected chi connectivity index (χ0v) is 11.3. The van der Waals surface area contributed by atoms with E-state index in [-0.39, 0.29) is 12.5 Å². The maximum Gasteiger partial charge on any atom is 0.263 e. The van der Waals surface area contributed by atoms with E-state index in [1.54, 1.807) is 24.0 Å². The molecule has 1 amide bonds. The zero-order chi connectivity index (χ0) is 13.8. The summed E-state index contributed by atoms with van der Waals surface area (Å²) in [5, 5.41) is 6.75. The molecule has 5 nitrogen and oxygen atoms in total. The van der Waals surface area contributed by atoms with Crippen LogP contribution in [0.15, 0.2) is 30.5 Å². The van der Waals surface area contributed by atoms with Gasteiger partial charge < -0.3 is 10.1 Å². The van der Waals surface area contributed by atoms with Crippen LogP contribution in [-0.4, -0.2) is 22.3 Å². The van der Waals surface area contributed by atoms with Gasteiger partial charge in [-0.1, -0.05) is 18.2 Å². The normalized spacial score (nSPS) is 10.3. The Morgan fingerprint density at radius 2 is 2.00 bits per heavy atom. The summed E-state index contributed by atoms with van der Waals surface area (Å²) in [6.07, 6.45) is 1.77. The lowest BCUT2D eigenvalue weighted by Crippen LogP contribution is -2.21. The van der Waals surface area contributed by atoms with E-state index in [0.717, 1.165) is 16.9 Å². The van der Waals surface area contributed by atoms with Crippen molar-refractivity contribution in [1.82, 2.24) is 9.78 Å². The van der Waals surface area contributed by atoms with Gasteiger partial charge >= 0.3 is 0 Å². The minimum Gasteiger partial charge on any atom is -0.483 e. The van der Waals surface area contributed by atoms with E-state index >= 15 is 0 Å². The number of benzene rings is 1. The third-order valence-electron chi connectivity index (χ3n) is 2.74. The van der Waals surface area contributed by atoms with Gasteiger partial charge in [0.25, 0.3) is 5.91 Å². The maximum absolute atomic E-state index is 11.7. The highest BCUT2D eigenvalue weighted by atomic mass is 16.5. The van der Waals surface area contributed by atoms with Crippen LogP contribution in [0.25, 0.3) is 0 Å². The van der Waals surface area contributed by atoms with Crippen LogP contribution in [0, 0.1) is 13.8 Å². The number of carbonyl (C=O) groups is 1. The Bertz CT molecular complexity index is 570. The summed E-state index contributed by atoms with van der Waals surface area (Å²) in [4.78, 5) is 11.7. The molecule has 0 aliphatic carbocycles. The minimum atomic E-state index is -0.221. The third kappa shape index (κ3) is 3.34. The Morgan fingerprint density at radius 3 is 2.58 bits per heavy atom. The van der Waals surface area contributed by atoms with Gasteiger partial charge in [0, 0.05) is 19.3 Å². The van der Waals surface area contributed by atoms with Gasteiger partial charge in [-0.05, 0) is 25.0 Å². The smallest absolute Gasteiger partial charge is 0.263 e. The standard InChI is InChI=1S/C14H17N3O2/c1-10-5-4-6-11(2)14(10)19-9-13(18)15-12-7-8-17(3)16-12/h4-8H,9H2,1-3H3,(H,15,16,18). The number of nitrogens with zero attached hydrogens (tertiary/aromatic N) is 2. The number of rotatable bonds is 4. The molecule has 0 fully saturated rings. The van der Waals surface area contributed by atoms with E-state index in [1.165, 1.54) is 0 Å². The molecule has 2 rings (SSSR count). The second kappa shape index (κ2) is 5.56. The van der Waals surface area contributed by atoms with E-state index in [2.05, 4.69) is 10.4 Å². The second-order valence-electron chi connectivity index (χ2n) is 4.43. The van der Waals surface area contributed by atoms with Crippen molar-refractivity contribution >= 4 is 11.7 Å². The van der Waals surface area contributed by atoms with E-state index in [9.17, 15) is 4.79 Å². The van der Waals surface area contributed by atoms with Crippen molar-refractivity contribution in [3.8, 4) is 5.75 Å². The number of anilines is 1. The largest absolute Gasteiger partial charge is 0.483 e. The van der Waals surface area contributed by atoms with Crippen molar-refractivity contribution in [1.29, 1.82) is 0 Å². The van der Waals surface area contributed by atoms with Gasteiger partial charge in [-0.3, -0.25) is 9.48 Å². The molecule has 1 heterocycles. The molecule has 1 aromatic carbocycles. The molecule has 100 valence electrons. The highest BCUT2D eigenvalue weighted by molar-refractivity contribution is 5.90. The number of para-hydroxylation sites is 1. The lowest BCUT2D eigenvalue weighted by Gasteiger charge is -2.11. The van der Waals surface area contributed by atoms with Crippen LogP contribution >= 0.6 is 0 Å². The molecular formula is C14H17N3O2. The molecule has 0 spiro atoms. The first kappa shape index (κ1) is 13.1. The predicted octanol–water partition coefficient (Wildman–Crippen LogP) is 2.05. The van der Waals surface area contributed by atoms with Gasteiger partial charge in [0.15, 0.2) is 12.4 Å². The first-order valence-electron chi connectivity index (χ1n) is 6.05. The minimum absolute atomic E-state index is 0.0255. The fraction of sp³-hybridized carbons (Fsp3) is 0.286. The summed E-state index contributed by atoms with van der Waals surface area (Å²) < 4.78 is 7.19. The Kier molecular flexibility index (Phi) is 3.85. The molecule has 0 aliphatic heterocycles. The van der Waals surface area contributed by atoms with Gasteiger partial charge in [0.05, 0.1) is 0 Å². The molecule has 0 unspecified atom stereocenters. The van der Waals surface area contributed by atoms with Crippen molar-refractivity contribution in [2.75, 3.05) is 11.9 Å². The summed E-state index contributed by atoms with van der Waals surface area (Å²) >= 11 is 0. The predicted molar refractivity (Wildman–Crippen MR) is 73.2 cm³/mol. The highest BCUT2D eigenvalue weighted by Crippen LogP contribution is 2.22. The molecule has 5 heteroatoms. The van der Waals surface area contributed by atoms with E-state index in [0.29, 0.717) is 5.82 Å². The zero-order valence-electron chi connectivity index (χ0n) is 11.3. The number of hydrogen-bond acceptors (Lipinski definition) is 3. The van der Waals surface area contributed by atoms with Crippen molar-refractivity contribution in [3.05, 3.63) is 41.6 Å². The molecule has 0 radical (unpaired) electrons. The lowest BCUT2D eigenvalue weighted by molar-refractivity contribution is -0.118. The topological polar surface area (TPSA) is 56.1 Å². The van der Waals surface area contributed by atoms with Crippen LogP contribution in [0.4, 0.5) is 5.82 Å². The number of nitrogens with one attached hydrogen (secondary N) is 1. The van der Waals surface area contributed by atoms with Crippen molar-refractivity contribution in [2.45, 2.75) is 13.8 Å². The molecule has 0 aliphatic rings. The van der Waals surface area contributed by atoms with Gasteiger partial charge in [-0.25, -0.2) is 0 Å². The molecule has 2 aromatic rings. The molecule has 1 N–H and O–H groups in total. The van der Waals surface area contributed by atoms with Crippen LogP contribution in [0.5, 0.6) is 5.75 Å². The third-order valence-corrected chi connectivity index (χ3v) is 2.74. The summed E-state index contributed by atoms with van der Waals surface area (Å²) in [5.41, 5.74) is 2.04. The van der Waals surface area contributed by atoms with Gasteiger partial charge in [-0.2, -0.15) is 5.10 Å². The first-order chi connectivity index (χ1) is 9.06. The second-order valence-corrected chi connectivity index (χ2v) is 4.43. The molecule has 19 heavy (non-hydrogen) atoms. The fourth-order valence-electron chi connectivity index (χ4n) is 1.83. The van der Waals surface area contributed by atoms with Crippen LogP contribution in [0.3, 0.4) is 0 Å². The van der Waals surface area contributed by atoms with Crippen LogP contribution < -0.4 is 10.1 Å². The van der Waals surface area contributed by atoms with Gasteiger partial charge in [0.2, 0.25) is 0 Å². The number of carbonyl (C=O) groups excluding carboxylic acids is 1. The number of amides is 1. The maximum atomic E-state index is 11.7. The fourth-order valence-corrected chi connectivity index (χ4v) is 1.83. The van der Waals surface area contributed by atoms with Crippen molar-refractivity contribution in [3.63, 3.8) is 0 Å². The van der Waals surface area contributed by atoms with Gasteiger partial charge in [0.1, 0.15) is 5.75 Å². The quantitative estimate of drug-likeness (QED) is 0.914. The van der Waals surface area contributed by atoms with Gasteiger partial charge in [-0.15, -0.1) is 0 Å². The monoisotopic (exact) mass is 259 g/mol. The Labute approximate surface area is 112 Å². The Morgan fingerprint density at radius 1 is 1.32 bits per heavy atom. The van der Waals surface area contributed by atoms with Crippen LogP contribution in [0.1, 0.15) is 11.1 Å². The van der Waals surface area contributed by atoms with E-state index in [1.807, 2.05) is 32.0 Å². The molecular weight excluding hydrogens is 242 g/mol. The van der Waals surface area contributed by atoms with Crippen molar-refractivity contribution in [2.24, 2.45) is 7.05 Å². The number of hydrogen-bond donors (Lipinski definition) is 1. The SMILES string of the molecule is Cc1cccc(C)c1OCC(=O)Nc1ccn(C)n1. The Hall–Kier alpha value is -2.30.